The van der Waals surface area contributed by atoms with Crippen molar-refractivity contribution in [2.45, 2.75) is 39.4 Å². The van der Waals surface area contributed by atoms with Crippen LogP contribution in [0.4, 0.5) is 5.13 Å². The fourth-order valence-electron chi connectivity index (χ4n) is 2.70. The summed E-state index contributed by atoms with van der Waals surface area (Å²) in [6.45, 7) is 7.87. The predicted molar refractivity (Wildman–Crippen MR) is 85.3 cm³/mol. The molecule has 1 N–H and O–H groups in total. The summed E-state index contributed by atoms with van der Waals surface area (Å²) >= 11 is 1.49. The molecule has 3 rings (SSSR count). The smallest absolute Gasteiger partial charge is 0.224 e. The third-order valence-corrected chi connectivity index (χ3v) is 4.43. The van der Waals surface area contributed by atoms with E-state index in [1.807, 2.05) is 31.9 Å². The van der Waals surface area contributed by atoms with Crippen molar-refractivity contribution in [1.82, 2.24) is 19.5 Å². The van der Waals surface area contributed by atoms with Gasteiger partial charge in [0.25, 0.3) is 0 Å². The van der Waals surface area contributed by atoms with Crippen LogP contribution in [0.25, 0.3) is 4.96 Å². The summed E-state index contributed by atoms with van der Waals surface area (Å²) in [6, 6.07) is 0. The molecule has 1 aliphatic heterocycles. The lowest BCUT2D eigenvalue weighted by atomic mass is 10.2. The Morgan fingerprint density at radius 1 is 1.45 bits per heavy atom. The first-order valence-electron chi connectivity index (χ1n) is 7.51. The van der Waals surface area contributed by atoms with E-state index in [-0.39, 0.29) is 18.1 Å². The van der Waals surface area contributed by atoms with Gasteiger partial charge < -0.3 is 15.0 Å². The van der Waals surface area contributed by atoms with Crippen molar-refractivity contribution in [2.24, 2.45) is 0 Å². The molecule has 1 amide bonds. The zero-order valence-corrected chi connectivity index (χ0v) is 13.9. The molecule has 1 saturated heterocycles. The van der Waals surface area contributed by atoms with Crippen LogP contribution >= 0.6 is 11.3 Å². The van der Waals surface area contributed by atoms with Crippen molar-refractivity contribution < 1.29 is 9.53 Å². The Bertz CT molecular complexity index is 626. The number of amides is 1. The second-order valence-corrected chi connectivity index (χ2v) is 6.71. The second kappa shape index (κ2) is 6.21. The fourth-order valence-corrected chi connectivity index (χ4v) is 3.55. The van der Waals surface area contributed by atoms with Gasteiger partial charge in [-0.05, 0) is 20.8 Å². The van der Waals surface area contributed by atoms with Crippen LogP contribution in [0.1, 0.15) is 26.0 Å². The maximum atomic E-state index is 12.2. The first-order chi connectivity index (χ1) is 10.5. The van der Waals surface area contributed by atoms with Crippen molar-refractivity contribution in [2.75, 3.05) is 25.0 Å². The van der Waals surface area contributed by atoms with E-state index in [1.54, 1.807) is 4.52 Å². The van der Waals surface area contributed by atoms with E-state index in [1.165, 1.54) is 11.3 Å². The summed E-state index contributed by atoms with van der Waals surface area (Å²) in [4.78, 5) is 19.3. The average molecular weight is 323 g/mol. The minimum Gasteiger partial charge on any atom is -0.372 e. The highest BCUT2D eigenvalue weighted by Gasteiger charge is 2.25. The maximum absolute atomic E-state index is 12.2. The molecule has 0 saturated carbocycles. The number of nitrogens with one attached hydrogen (secondary N) is 1. The topological polar surface area (TPSA) is 71.8 Å². The molecule has 1 aliphatic rings. The number of nitrogens with zero attached hydrogens (tertiary/aromatic N) is 4. The quantitative estimate of drug-likeness (QED) is 0.924. The van der Waals surface area contributed by atoms with Gasteiger partial charge in [0.1, 0.15) is 0 Å². The molecule has 22 heavy (non-hydrogen) atoms. The Balaban J connectivity index is 1.49. The number of carbonyl (C=O) groups is 1. The molecular formula is C14H21N5O2S. The number of anilines is 1. The van der Waals surface area contributed by atoms with Gasteiger partial charge >= 0.3 is 0 Å². The number of aryl methyl sites for hydroxylation is 1. The van der Waals surface area contributed by atoms with Crippen LogP contribution in [0.2, 0.25) is 0 Å². The first kappa shape index (κ1) is 15.2. The van der Waals surface area contributed by atoms with Gasteiger partial charge in [-0.3, -0.25) is 4.79 Å². The molecular weight excluding hydrogens is 302 g/mol. The number of hydrogen-bond donors (Lipinski definition) is 1. The Morgan fingerprint density at radius 3 is 2.86 bits per heavy atom. The number of aromatic nitrogens is 3. The molecule has 0 radical (unpaired) electrons. The molecule has 1 fully saturated rings. The van der Waals surface area contributed by atoms with Crippen molar-refractivity contribution in [3.63, 3.8) is 0 Å². The number of imidazole rings is 1. The Hall–Kier alpha value is -1.67. The number of ether oxygens (including phenoxy) is 1. The van der Waals surface area contributed by atoms with E-state index in [0.717, 1.165) is 15.8 Å². The van der Waals surface area contributed by atoms with Crippen LogP contribution in [0.3, 0.4) is 0 Å². The lowest BCUT2D eigenvalue weighted by Crippen LogP contribution is -2.48. The van der Waals surface area contributed by atoms with Gasteiger partial charge in [0.2, 0.25) is 16.0 Å². The zero-order valence-electron chi connectivity index (χ0n) is 13.1. The third-order valence-electron chi connectivity index (χ3n) is 3.55. The SMILES string of the molecule is Cc1cn2nc(NCCC(=O)N3C[C@@H](C)O[C@H](C)C3)sc2n1. The molecule has 3 heterocycles. The lowest BCUT2D eigenvalue weighted by Gasteiger charge is -2.35. The summed E-state index contributed by atoms with van der Waals surface area (Å²) in [5.41, 5.74) is 0.955. The molecule has 2 atom stereocenters. The Morgan fingerprint density at radius 2 is 2.18 bits per heavy atom. The lowest BCUT2D eigenvalue weighted by molar-refractivity contribution is -0.142. The van der Waals surface area contributed by atoms with E-state index < -0.39 is 0 Å². The van der Waals surface area contributed by atoms with E-state index in [2.05, 4.69) is 15.4 Å². The fraction of sp³-hybridized carbons (Fsp3) is 0.643. The molecule has 0 aliphatic carbocycles. The summed E-state index contributed by atoms with van der Waals surface area (Å²) in [6.07, 6.45) is 2.56. The van der Waals surface area contributed by atoms with Crippen LogP contribution in [-0.4, -0.2) is 57.2 Å². The van der Waals surface area contributed by atoms with Crippen LogP contribution < -0.4 is 5.32 Å². The van der Waals surface area contributed by atoms with Crippen molar-refractivity contribution in [3.05, 3.63) is 11.9 Å². The second-order valence-electron chi connectivity index (χ2n) is 5.75. The van der Waals surface area contributed by atoms with Crippen LogP contribution in [0.15, 0.2) is 6.20 Å². The molecule has 120 valence electrons. The van der Waals surface area contributed by atoms with E-state index in [0.29, 0.717) is 26.1 Å². The molecule has 2 aromatic rings. The van der Waals surface area contributed by atoms with Crippen LogP contribution in [-0.2, 0) is 9.53 Å². The molecule has 7 nitrogen and oxygen atoms in total. The van der Waals surface area contributed by atoms with Gasteiger partial charge in [0.15, 0.2) is 0 Å². The summed E-state index contributed by atoms with van der Waals surface area (Å²) < 4.78 is 7.41. The number of carbonyl (C=O) groups excluding carboxylic acids is 1. The van der Waals surface area contributed by atoms with E-state index in [4.69, 9.17) is 4.74 Å². The van der Waals surface area contributed by atoms with Gasteiger partial charge in [-0.2, -0.15) is 0 Å². The number of rotatable bonds is 4. The van der Waals surface area contributed by atoms with Gasteiger partial charge in [0, 0.05) is 26.1 Å². The average Bonchev–Trinajstić information content (AvgIpc) is 2.94. The normalized spacial score (nSPS) is 22.2. The monoisotopic (exact) mass is 323 g/mol. The molecule has 0 unspecified atom stereocenters. The first-order valence-corrected chi connectivity index (χ1v) is 8.33. The van der Waals surface area contributed by atoms with Gasteiger partial charge in [-0.1, -0.05) is 11.3 Å². The zero-order chi connectivity index (χ0) is 15.7. The molecule has 0 spiro atoms. The number of morpholine rings is 1. The van der Waals surface area contributed by atoms with Crippen molar-refractivity contribution in [1.29, 1.82) is 0 Å². The highest BCUT2D eigenvalue weighted by molar-refractivity contribution is 7.20. The predicted octanol–water partition coefficient (Wildman–Crippen LogP) is 1.54. The molecule has 2 aromatic heterocycles. The highest BCUT2D eigenvalue weighted by Crippen LogP contribution is 2.19. The maximum Gasteiger partial charge on any atom is 0.224 e. The van der Waals surface area contributed by atoms with Gasteiger partial charge in [-0.25, -0.2) is 9.50 Å². The van der Waals surface area contributed by atoms with Crippen molar-refractivity contribution >= 4 is 27.3 Å². The third kappa shape index (κ3) is 3.38. The summed E-state index contributed by atoms with van der Waals surface area (Å²) in [7, 11) is 0. The minimum atomic E-state index is 0.107. The van der Waals surface area contributed by atoms with Gasteiger partial charge in [0.05, 0.1) is 24.1 Å². The van der Waals surface area contributed by atoms with E-state index >= 15 is 0 Å². The Kier molecular flexibility index (Phi) is 4.30. The van der Waals surface area contributed by atoms with E-state index in [9.17, 15) is 4.79 Å². The van der Waals surface area contributed by atoms with Gasteiger partial charge in [-0.15, -0.1) is 5.10 Å². The standard InChI is InChI=1S/C14H21N5O2S/c1-9-6-19-14(16-9)22-13(17-19)15-5-4-12(20)18-7-10(2)21-11(3)8-18/h6,10-11H,4-5,7-8H2,1-3H3,(H,15,17)/t10-,11-/m1/s1. The number of hydrogen-bond acceptors (Lipinski definition) is 6. The van der Waals surface area contributed by atoms with Crippen LogP contribution in [0, 0.1) is 6.92 Å². The Labute approximate surface area is 133 Å². The molecule has 0 aromatic carbocycles. The summed E-state index contributed by atoms with van der Waals surface area (Å²) in [5, 5.41) is 8.37. The van der Waals surface area contributed by atoms with Crippen molar-refractivity contribution in [3.8, 4) is 0 Å². The van der Waals surface area contributed by atoms with Crippen LogP contribution in [0.5, 0.6) is 0 Å². The highest BCUT2D eigenvalue weighted by atomic mass is 32.1. The summed E-state index contributed by atoms with van der Waals surface area (Å²) in [5.74, 6) is 0.159. The largest absolute Gasteiger partial charge is 0.372 e. The minimum absolute atomic E-state index is 0.107. The number of fused-ring (bicyclic) bond motifs is 1. The molecule has 8 heteroatoms. The molecule has 0 bridgehead atoms.